The molecule has 0 aliphatic heterocycles. The molecule has 0 heterocycles. The van der Waals surface area contributed by atoms with Crippen molar-refractivity contribution in [2.75, 3.05) is 6.61 Å². The Bertz CT molecular complexity index is 972. The Kier molecular flexibility index (Phi) is 6.02. The van der Waals surface area contributed by atoms with E-state index in [-0.39, 0.29) is 42.8 Å². The molecule has 0 spiro atoms. The molecule has 188 valence electrons. The van der Waals surface area contributed by atoms with E-state index in [1.165, 1.54) is 6.08 Å². The number of Topliss-reactive ketones (excluding diaryl/α,β-unsaturated/α-hetero) is 1. The maximum absolute atomic E-state index is 12.8. The highest BCUT2D eigenvalue weighted by molar-refractivity contribution is 6.02. The summed E-state index contributed by atoms with van der Waals surface area (Å²) in [5.74, 6) is -1.40. The van der Waals surface area contributed by atoms with Gasteiger partial charge in [0, 0.05) is 16.7 Å². The Morgan fingerprint density at radius 3 is 2.47 bits per heavy atom. The third kappa shape index (κ3) is 3.62. The molecule has 3 saturated carbocycles. The molecule has 7 heteroatoms. The van der Waals surface area contributed by atoms with Crippen molar-refractivity contribution in [1.82, 2.24) is 0 Å². The molecule has 3 N–H and O–H groups in total. The van der Waals surface area contributed by atoms with E-state index < -0.39 is 46.5 Å². The van der Waals surface area contributed by atoms with Crippen molar-refractivity contribution >= 4 is 17.5 Å². The first kappa shape index (κ1) is 25.3. The number of rotatable bonds is 4. The summed E-state index contributed by atoms with van der Waals surface area (Å²) in [6.45, 7) is 8.57. The fourth-order valence-electron chi connectivity index (χ4n) is 7.90. The minimum absolute atomic E-state index is 0.00616. The predicted molar refractivity (Wildman–Crippen MR) is 124 cm³/mol. The van der Waals surface area contributed by atoms with Crippen molar-refractivity contribution in [3.05, 3.63) is 23.3 Å². The zero-order valence-corrected chi connectivity index (χ0v) is 20.9. The van der Waals surface area contributed by atoms with Gasteiger partial charge in [0.15, 0.2) is 11.6 Å². The number of carbonyl (C=O) groups excluding carboxylic acids is 3. The van der Waals surface area contributed by atoms with Crippen LogP contribution in [0.3, 0.4) is 0 Å². The van der Waals surface area contributed by atoms with Crippen molar-refractivity contribution < 1.29 is 34.4 Å². The predicted octanol–water partition coefficient (Wildman–Crippen LogP) is 2.66. The van der Waals surface area contributed by atoms with Gasteiger partial charge in [-0.05, 0) is 82.4 Å². The van der Waals surface area contributed by atoms with Crippen molar-refractivity contribution in [2.24, 2.45) is 28.6 Å². The van der Waals surface area contributed by atoms with E-state index in [0.29, 0.717) is 18.4 Å². The highest BCUT2D eigenvalue weighted by Crippen LogP contribution is 2.68. The molecule has 0 aromatic carbocycles. The average molecular weight is 475 g/mol. The van der Waals surface area contributed by atoms with E-state index in [9.17, 15) is 29.7 Å². The molecule has 4 aliphatic carbocycles. The summed E-state index contributed by atoms with van der Waals surface area (Å²) in [5, 5.41) is 32.5. The van der Waals surface area contributed by atoms with Gasteiger partial charge in [-0.25, -0.2) is 0 Å². The molecule has 0 radical (unpaired) electrons. The van der Waals surface area contributed by atoms with Gasteiger partial charge in [-0.3, -0.25) is 14.4 Å². The molecule has 0 bridgehead atoms. The van der Waals surface area contributed by atoms with Crippen LogP contribution in [0.15, 0.2) is 23.3 Å². The lowest BCUT2D eigenvalue weighted by Gasteiger charge is -2.60. The molecule has 0 unspecified atom stereocenters. The van der Waals surface area contributed by atoms with E-state index in [1.807, 2.05) is 13.8 Å². The lowest BCUT2D eigenvalue weighted by atomic mass is 9.44. The second-order valence-electron chi connectivity index (χ2n) is 12.2. The van der Waals surface area contributed by atoms with Gasteiger partial charge in [0.05, 0.1) is 12.5 Å². The number of aliphatic hydroxyl groups excluding tert-OH is 2. The highest BCUT2D eigenvalue weighted by atomic mass is 16.6. The summed E-state index contributed by atoms with van der Waals surface area (Å²) in [4.78, 5) is 37.9. The van der Waals surface area contributed by atoms with Gasteiger partial charge < -0.3 is 20.1 Å². The summed E-state index contributed by atoms with van der Waals surface area (Å²) < 4.78 is 5.55. The molecule has 3 fully saturated rings. The maximum Gasteiger partial charge on any atom is 0.310 e. The van der Waals surface area contributed by atoms with Crippen molar-refractivity contribution in [1.29, 1.82) is 0 Å². The zero-order valence-electron chi connectivity index (χ0n) is 20.9. The Morgan fingerprint density at radius 1 is 1.18 bits per heavy atom. The van der Waals surface area contributed by atoms with Crippen molar-refractivity contribution in [2.45, 2.75) is 90.4 Å². The van der Waals surface area contributed by atoms with Crippen molar-refractivity contribution in [3.8, 4) is 0 Å². The summed E-state index contributed by atoms with van der Waals surface area (Å²) in [6, 6.07) is 0. The highest BCUT2D eigenvalue weighted by Gasteiger charge is 2.68. The molecule has 0 aromatic rings. The second kappa shape index (κ2) is 8.10. The number of fused-ring (bicyclic) bond motifs is 5. The Labute approximate surface area is 201 Å². The van der Waals surface area contributed by atoms with Crippen LogP contribution in [0.4, 0.5) is 0 Å². The van der Waals surface area contributed by atoms with Crippen LogP contribution in [0.2, 0.25) is 0 Å². The van der Waals surface area contributed by atoms with Gasteiger partial charge in [0.25, 0.3) is 0 Å². The van der Waals surface area contributed by atoms with Crippen LogP contribution in [0.25, 0.3) is 0 Å². The average Bonchev–Trinajstić information content (AvgIpc) is 2.98. The normalized spacial score (nSPS) is 41.6. The monoisotopic (exact) mass is 474 g/mol. The molecule has 7 atom stereocenters. The number of hydrogen-bond donors (Lipinski definition) is 3. The molecule has 0 aromatic heterocycles. The van der Waals surface area contributed by atoms with Gasteiger partial charge in [-0.2, -0.15) is 0 Å². The number of ether oxygens (including phenoxy) is 1. The largest absolute Gasteiger partial charge is 0.460 e. The smallest absolute Gasteiger partial charge is 0.310 e. The maximum atomic E-state index is 12.8. The first-order chi connectivity index (χ1) is 15.7. The fourth-order valence-corrected chi connectivity index (χ4v) is 7.90. The van der Waals surface area contributed by atoms with E-state index in [0.717, 1.165) is 12.0 Å². The van der Waals surface area contributed by atoms with Gasteiger partial charge in [0.1, 0.15) is 17.8 Å². The summed E-state index contributed by atoms with van der Waals surface area (Å²) in [5.41, 5.74) is -2.23. The fraction of sp³-hybridized carbons (Fsp3) is 0.741. The van der Waals surface area contributed by atoms with Crippen LogP contribution < -0.4 is 0 Å². The van der Waals surface area contributed by atoms with E-state index in [1.54, 1.807) is 26.8 Å². The Balaban J connectivity index is 1.72. The summed E-state index contributed by atoms with van der Waals surface area (Å²) in [6.07, 6.45) is 4.81. The van der Waals surface area contributed by atoms with Crippen molar-refractivity contribution in [3.63, 3.8) is 0 Å². The van der Waals surface area contributed by atoms with Crippen LogP contribution in [0, 0.1) is 28.6 Å². The molecular formula is C27H38O7. The molecule has 4 rings (SSSR count). The Morgan fingerprint density at radius 2 is 1.85 bits per heavy atom. The molecule has 0 amide bonds. The van der Waals surface area contributed by atoms with Crippen LogP contribution in [-0.4, -0.2) is 56.8 Å². The van der Waals surface area contributed by atoms with Gasteiger partial charge in [-0.1, -0.05) is 19.4 Å². The topological polar surface area (TPSA) is 121 Å². The standard InChI is InChI=1S/C27H38O7/c1-24(2,3)34-22(32)12-16-11-17(29)10-15-6-7-18-19-8-9-27(33,21(31)14-28)25(19,4)13-20(30)23(18)26(15,16)5/h10-11,18-20,23,28,30,33H,6-9,12-14H2,1-5H3/t18-,19-,20-,23+,25-,26+,27-/m0/s1. The minimum atomic E-state index is -1.66. The van der Waals surface area contributed by atoms with E-state index >= 15 is 0 Å². The van der Waals surface area contributed by atoms with Gasteiger partial charge in [0.2, 0.25) is 0 Å². The van der Waals surface area contributed by atoms with E-state index in [4.69, 9.17) is 4.74 Å². The SMILES string of the molecule is CC(C)(C)OC(=O)CC1=CC(=O)C=C2CC[C@@H]3[C@H]([C@@H](O)C[C@@]4(C)[C@H]3CC[C@]4(O)C(=O)CO)[C@]21C. The molecular weight excluding hydrogens is 436 g/mol. The second-order valence-corrected chi connectivity index (χ2v) is 12.2. The quantitative estimate of drug-likeness (QED) is 0.536. The third-order valence-corrected chi connectivity index (χ3v) is 9.35. The van der Waals surface area contributed by atoms with E-state index in [2.05, 4.69) is 0 Å². The molecule has 4 aliphatic rings. The lowest BCUT2D eigenvalue weighted by molar-refractivity contribution is -0.179. The first-order valence-electron chi connectivity index (χ1n) is 12.4. The summed E-state index contributed by atoms with van der Waals surface area (Å²) in [7, 11) is 0. The summed E-state index contributed by atoms with van der Waals surface area (Å²) >= 11 is 0. The number of allylic oxidation sites excluding steroid dienone is 3. The number of hydrogen-bond acceptors (Lipinski definition) is 7. The zero-order chi connectivity index (χ0) is 25.3. The number of esters is 1. The van der Waals surface area contributed by atoms with Crippen LogP contribution in [-0.2, 0) is 19.1 Å². The lowest BCUT2D eigenvalue weighted by Crippen LogP contribution is -2.62. The molecule has 0 saturated heterocycles. The minimum Gasteiger partial charge on any atom is -0.460 e. The number of aliphatic hydroxyl groups is 3. The first-order valence-corrected chi connectivity index (χ1v) is 12.4. The number of carbonyl (C=O) groups is 3. The molecule has 34 heavy (non-hydrogen) atoms. The van der Waals surface area contributed by atoms with Gasteiger partial charge >= 0.3 is 5.97 Å². The van der Waals surface area contributed by atoms with Crippen LogP contribution >= 0.6 is 0 Å². The number of ketones is 2. The third-order valence-electron chi connectivity index (χ3n) is 9.35. The Hall–Kier alpha value is -1.83. The van der Waals surface area contributed by atoms with Crippen LogP contribution in [0.5, 0.6) is 0 Å². The van der Waals surface area contributed by atoms with Crippen LogP contribution in [0.1, 0.15) is 73.1 Å². The van der Waals surface area contributed by atoms with Gasteiger partial charge in [-0.15, -0.1) is 0 Å². The molecule has 7 nitrogen and oxygen atoms in total.